The number of benzene rings is 2. The van der Waals surface area contributed by atoms with E-state index < -0.39 is 52.5 Å². The van der Waals surface area contributed by atoms with E-state index in [0.717, 1.165) is 22.9 Å². The third-order valence-corrected chi connectivity index (χ3v) is 6.49. The zero-order chi connectivity index (χ0) is 27.4. The Morgan fingerprint density at radius 1 is 1.13 bits per heavy atom. The summed E-state index contributed by atoms with van der Waals surface area (Å²) in [6.07, 6.45) is -4.64. The summed E-state index contributed by atoms with van der Waals surface area (Å²) in [6.45, 7) is -0.647. The van der Waals surface area contributed by atoms with Gasteiger partial charge in [-0.3, -0.25) is 9.36 Å². The lowest BCUT2D eigenvalue weighted by Gasteiger charge is -2.30. The van der Waals surface area contributed by atoms with Crippen LogP contribution in [0, 0.1) is 5.82 Å². The smallest absolute Gasteiger partial charge is 0.394 e. The number of aliphatic hydroxyl groups excluding tert-OH is 2. The summed E-state index contributed by atoms with van der Waals surface area (Å²) in [5.74, 6) is -0.538. The van der Waals surface area contributed by atoms with Crippen LogP contribution in [0.5, 0.6) is 0 Å². The van der Waals surface area contributed by atoms with Crippen LogP contribution in [0.4, 0.5) is 17.6 Å². The van der Waals surface area contributed by atoms with Gasteiger partial charge >= 0.3 is 6.18 Å². The van der Waals surface area contributed by atoms with Gasteiger partial charge in [-0.2, -0.15) is 18.3 Å². The van der Waals surface area contributed by atoms with Gasteiger partial charge in [0, 0.05) is 30.6 Å². The predicted octanol–water partition coefficient (Wildman–Crippen LogP) is 2.43. The van der Waals surface area contributed by atoms with E-state index in [2.05, 4.69) is 15.1 Å². The molecular formula is C25H21F4N5O4. The Labute approximate surface area is 211 Å². The Balaban J connectivity index is 1.69. The van der Waals surface area contributed by atoms with Gasteiger partial charge in [-0.15, -0.1) is 0 Å². The second-order valence-corrected chi connectivity index (χ2v) is 8.87. The van der Waals surface area contributed by atoms with Crippen LogP contribution >= 0.6 is 0 Å². The van der Waals surface area contributed by atoms with E-state index in [9.17, 15) is 32.6 Å². The molecule has 9 nitrogen and oxygen atoms in total. The number of alkyl halides is 3. The van der Waals surface area contributed by atoms with E-state index in [0.29, 0.717) is 11.2 Å². The SMILES string of the molecule is Cn1c(CC(O)CO)nc2c(C(O)(c3ccc4c(cnn4-c4ccc(F)cc4)c3)C(F)(F)F)c[nH]c2c1=O. The number of aromatic nitrogens is 5. The Bertz CT molecular complexity index is 1710. The number of aliphatic hydroxyl groups is 3. The van der Waals surface area contributed by atoms with E-state index in [1.807, 2.05) is 0 Å². The highest BCUT2D eigenvalue weighted by Gasteiger charge is 2.58. The summed E-state index contributed by atoms with van der Waals surface area (Å²) in [5, 5.41) is 34.7. The maximum absolute atomic E-state index is 14.6. The lowest BCUT2D eigenvalue weighted by molar-refractivity contribution is -0.247. The molecule has 5 rings (SSSR count). The normalized spacial score (nSPS) is 14.7. The monoisotopic (exact) mass is 531 g/mol. The van der Waals surface area contributed by atoms with Crippen molar-refractivity contribution < 1.29 is 32.9 Å². The lowest BCUT2D eigenvalue weighted by Crippen LogP contribution is -2.43. The molecule has 3 heterocycles. The minimum absolute atomic E-state index is 0.0783. The number of hydrogen-bond acceptors (Lipinski definition) is 6. The van der Waals surface area contributed by atoms with E-state index >= 15 is 0 Å². The maximum Gasteiger partial charge on any atom is 0.425 e. The molecule has 13 heteroatoms. The number of rotatable bonds is 6. The van der Waals surface area contributed by atoms with Crippen LogP contribution in [0.15, 0.2) is 59.7 Å². The van der Waals surface area contributed by atoms with Crippen LogP contribution in [0.1, 0.15) is 17.0 Å². The number of nitrogens with zero attached hydrogens (tertiary/aromatic N) is 4. The van der Waals surface area contributed by atoms with E-state index in [-0.39, 0.29) is 23.1 Å². The molecule has 0 spiro atoms. The number of fused-ring (bicyclic) bond motifs is 2. The number of halogens is 4. The zero-order valence-corrected chi connectivity index (χ0v) is 19.7. The first-order valence-electron chi connectivity index (χ1n) is 11.4. The highest BCUT2D eigenvalue weighted by atomic mass is 19.4. The molecular weight excluding hydrogens is 510 g/mol. The minimum Gasteiger partial charge on any atom is -0.394 e. The molecule has 38 heavy (non-hydrogen) atoms. The van der Waals surface area contributed by atoms with Gasteiger partial charge in [-0.1, -0.05) is 6.07 Å². The van der Waals surface area contributed by atoms with Gasteiger partial charge in [0.1, 0.15) is 22.7 Å². The van der Waals surface area contributed by atoms with Gasteiger partial charge in [-0.25, -0.2) is 14.1 Å². The summed E-state index contributed by atoms with van der Waals surface area (Å²) in [7, 11) is 1.33. The first-order valence-corrected chi connectivity index (χ1v) is 11.4. The fourth-order valence-electron chi connectivity index (χ4n) is 4.44. The first-order chi connectivity index (χ1) is 18.0. The van der Waals surface area contributed by atoms with Crippen LogP contribution in [0.2, 0.25) is 0 Å². The van der Waals surface area contributed by atoms with Crippen LogP contribution < -0.4 is 5.56 Å². The molecule has 0 amide bonds. The highest BCUT2D eigenvalue weighted by molar-refractivity contribution is 5.83. The van der Waals surface area contributed by atoms with Gasteiger partial charge in [0.15, 0.2) is 0 Å². The van der Waals surface area contributed by atoms with E-state index in [4.69, 9.17) is 5.11 Å². The summed E-state index contributed by atoms with van der Waals surface area (Å²) in [4.78, 5) is 19.5. The summed E-state index contributed by atoms with van der Waals surface area (Å²) in [5.41, 5.74) is -5.34. The second kappa shape index (κ2) is 9.04. The molecule has 0 fully saturated rings. The molecule has 2 atom stereocenters. The largest absolute Gasteiger partial charge is 0.425 e. The lowest BCUT2D eigenvalue weighted by atomic mass is 9.86. The molecule has 0 bridgehead atoms. The van der Waals surface area contributed by atoms with Crippen LogP contribution in [-0.2, 0) is 19.1 Å². The molecule has 0 saturated carbocycles. The molecule has 2 aromatic carbocycles. The number of aromatic amines is 1. The molecule has 5 aromatic rings. The molecule has 0 aliphatic heterocycles. The Morgan fingerprint density at radius 2 is 1.84 bits per heavy atom. The fraction of sp³-hybridized carbons (Fsp3) is 0.240. The number of nitrogens with one attached hydrogen (secondary N) is 1. The molecule has 2 unspecified atom stereocenters. The van der Waals surface area contributed by atoms with Gasteiger partial charge in [0.05, 0.1) is 30.1 Å². The first kappa shape index (κ1) is 25.6. The summed E-state index contributed by atoms with van der Waals surface area (Å²) >= 11 is 0. The molecule has 0 aliphatic carbocycles. The van der Waals surface area contributed by atoms with Crippen LogP contribution in [0.3, 0.4) is 0 Å². The van der Waals surface area contributed by atoms with Crippen molar-refractivity contribution >= 4 is 21.9 Å². The average Bonchev–Trinajstić information content (AvgIpc) is 3.50. The van der Waals surface area contributed by atoms with Gasteiger partial charge in [0.2, 0.25) is 5.60 Å². The highest BCUT2D eigenvalue weighted by Crippen LogP contribution is 2.46. The van der Waals surface area contributed by atoms with Crippen molar-refractivity contribution in [1.82, 2.24) is 24.3 Å². The van der Waals surface area contributed by atoms with Crippen LogP contribution in [0.25, 0.3) is 27.6 Å². The topological polar surface area (TPSA) is 129 Å². The van der Waals surface area contributed by atoms with Gasteiger partial charge in [0.25, 0.3) is 5.56 Å². The van der Waals surface area contributed by atoms with Gasteiger partial charge in [-0.05, 0) is 42.0 Å². The number of hydrogen-bond donors (Lipinski definition) is 4. The summed E-state index contributed by atoms with van der Waals surface area (Å²) < 4.78 is 59.7. The molecule has 0 saturated heterocycles. The summed E-state index contributed by atoms with van der Waals surface area (Å²) in [6, 6.07) is 8.95. The van der Waals surface area contributed by atoms with Crippen LogP contribution in [-0.4, -0.2) is 58.5 Å². The minimum atomic E-state index is -5.24. The van der Waals surface area contributed by atoms with Gasteiger partial charge < -0.3 is 20.3 Å². The van der Waals surface area contributed by atoms with Crippen molar-refractivity contribution in [1.29, 1.82) is 0 Å². The molecule has 0 aliphatic rings. The third-order valence-electron chi connectivity index (χ3n) is 6.49. The molecule has 3 aromatic heterocycles. The Kier molecular flexibility index (Phi) is 6.09. The Hall–Kier alpha value is -4.07. The molecule has 198 valence electrons. The third kappa shape index (κ3) is 3.95. The van der Waals surface area contributed by atoms with Crippen molar-refractivity contribution in [3.8, 4) is 5.69 Å². The zero-order valence-electron chi connectivity index (χ0n) is 19.7. The van der Waals surface area contributed by atoms with Crippen molar-refractivity contribution in [2.45, 2.75) is 24.3 Å². The van der Waals surface area contributed by atoms with Crippen molar-refractivity contribution in [3.63, 3.8) is 0 Å². The van der Waals surface area contributed by atoms with E-state index in [1.54, 1.807) is 0 Å². The maximum atomic E-state index is 14.6. The quantitative estimate of drug-likeness (QED) is 0.249. The fourth-order valence-corrected chi connectivity index (χ4v) is 4.44. The average molecular weight is 531 g/mol. The predicted molar refractivity (Wildman–Crippen MR) is 128 cm³/mol. The molecule has 4 N–H and O–H groups in total. The van der Waals surface area contributed by atoms with Crippen molar-refractivity contribution in [2.75, 3.05) is 6.61 Å². The van der Waals surface area contributed by atoms with E-state index in [1.165, 1.54) is 48.3 Å². The molecule has 0 radical (unpaired) electrons. The number of H-pyrrole nitrogens is 1. The standard InChI is InChI=1S/C25H21F4N5O4/c1-33-20(9-17(36)12-35)32-21-18(11-30-22(21)23(33)37)24(38,25(27,28)29)14-2-7-19-13(8-14)10-31-34(19)16-5-3-15(26)4-6-16/h2-8,10-11,17,30,35-36,38H,9,12H2,1H3. The van der Waals surface area contributed by atoms with Crippen molar-refractivity contribution in [3.05, 3.63) is 88.0 Å². The van der Waals surface area contributed by atoms with Crippen molar-refractivity contribution in [2.24, 2.45) is 7.05 Å². The second-order valence-electron chi connectivity index (χ2n) is 8.87. The Morgan fingerprint density at radius 3 is 2.50 bits per heavy atom.